The number of unbranched alkanes of at least 4 members (excludes halogenated alkanes) is 2. The molecule has 0 saturated heterocycles. The van der Waals surface area contributed by atoms with E-state index in [1.807, 2.05) is 6.08 Å². The fraction of sp³-hybridized carbons (Fsp3) is 0.440. The van der Waals surface area contributed by atoms with Gasteiger partial charge in [0.25, 0.3) is 0 Å². The van der Waals surface area contributed by atoms with E-state index in [0.29, 0.717) is 0 Å². The van der Waals surface area contributed by atoms with Crippen molar-refractivity contribution >= 4 is 6.08 Å². The lowest BCUT2D eigenvalue weighted by Gasteiger charge is -2.29. The van der Waals surface area contributed by atoms with E-state index in [-0.39, 0.29) is 0 Å². The van der Waals surface area contributed by atoms with E-state index in [1.165, 1.54) is 68.1 Å². The van der Waals surface area contributed by atoms with Gasteiger partial charge in [0.2, 0.25) is 0 Å². The molecule has 0 aliphatic heterocycles. The predicted octanol–water partition coefficient (Wildman–Crippen LogP) is 7.85. The second-order valence-corrected chi connectivity index (χ2v) is 7.66. The summed E-state index contributed by atoms with van der Waals surface area (Å²) in [5.74, 6) is 1.77. The van der Waals surface area contributed by atoms with Crippen LogP contribution < -0.4 is 0 Å². The van der Waals surface area contributed by atoms with Crippen LogP contribution in [0.3, 0.4) is 0 Å². The Morgan fingerprint density at radius 2 is 1.44 bits per heavy atom. The maximum atomic E-state index is 3.82. The summed E-state index contributed by atoms with van der Waals surface area (Å²) < 4.78 is 0. The van der Waals surface area contributed by atoms with Gasteiger partial charge in [-0.3, -0.25) is 0 Å². The van der Waals surface area contributed by atoms with E-state index in [2.05, 4.69) is 62.0 Å². The Morgan fingerprint density at radius 1 is 0.840 bits per heavy atom. The zero-order valence-electron chi connectivity index (χ0n) is 15.7. The molecule has 132 valence electrons. The van der Waals surface area contributed by atoms with Gasteiger partial charge in [-0.2, -0.15) is 0 Å². The molecule has 1 saturated carbocycles. The molecule has 0 bridgehead atoms. The SMILES string of the molecule is C=Cc1ccc(-c2ccc([C@H]3CC[C@H](CCCCC)CC3)cc2)cc1. The van der Waals surface area contributed by atoms with Crippen molar-refractivity contribution in [1.82, 2.24) is 0 Å². The number of hydrogen-bond acceptors (Lipinski definition) is 0. The van der Waals surface area contributed by atoms with Crippen molar-refractivity contribution < 1.29 is 0 Å². The average Bonchev–Trinajstić information content (AvgIpc) is 2.69. The maximum absolute atomic E-state index is 3.82. The highest BCUT2D eigenvalue weighted by Gasteiger charge is 2.21. The van der Waals surface area contributed by atoms with Crippen molar-refractivity contribution in [1.29, 1.82) is 0 Å². The molecule has 0 heteroatoms. The largest absolute Gasteiger partial charge is 0.0985 e. The van der Waals surface area contributed by atoms with E-state index in [0.717, 1.165) is 11.8 Å². The first-order valence-electron chi connectivity index (χ1n) is 10.1. The van der Waals surface area contributed by atoms with Crippen LogP contribution in [0.15, 0.2) is 55.1 Å². The third-order valence-electron chi connectivity index (χ3n) is 5.92. The zero-order valence-corrected chi connectivity index (χ0v) is 15.7. The van der Waals surface area contributed by atoms with Gasteiger partial charge in [0.1, 0.15) is 0 Å². The van der Waals surface area contributed by atoms with Crippen LogP contribution in [0.5, 0.6) is 0 Å². The van der Waals surface area contributed by atoms with Crippen LogP contribution in [0.25, 0.3) is 17.2 Å². The summed E-state index contributed by atoms with van der Waals surface area (Å²) in [5.41, 5.74) is 5.32. The van der Waals surface area contributed by atoms with Crippen LogP contribution in [-0.2, 0) is 0 Å². The van der Waals surface area contributed by atoms with Crippen molar-refractivity contribution in [2.75, 3.05) is 0 Å². The summed E-state index contributed by atoms with van der Waals surface area (Å²) in [6.07, 6.45) is 13.2. The molecule has 1 aliphatic rings. The topological polar surface area (TPSA) is 0 Å². The van der Waals surface area contributed by atoms with Gasteiger partial charge in [-0.25, -0.2) is 0 Å². The molecule has 25 heavy (non-hydrogen) atoms. The molecule has 1 aliphatic carbocycles. The number of hydrogen-bond donors (Lipinski definition) is 0. The molecule has 0 unspecified atom stereocenters. The molecule has 0 atom stereocenters. The summed E-state index contributed by atoms with van der Waals surface area (Å²) in [6.45, 7) is 6.12. The molecule has 0 N–H and O–H groups in total. The van der Waals surface area contributed by atoms with Crippen molar-refractivity contribution in [3.05, 3.63) is 66.2 Å². The van der Waals surface area contributed by atoms with Gasteiger partial charge in [-0.05, 0) is 59.8 Å². The summed E-state index contributed by atoms with van der Waals surface area (Å²) in [7, 11) is 0. The van der Waals surface area contributed by atoms with Crippen molar-refractivity contribution in [2.45, 2.75) is 64.2 Å². The van der Waals surface area contributed by atoms with Crippen molar-refractivity contribution in [3.8, 4) is 11.1 Å². The minimum absolute atomic E-state index is 0.777. The zero-order chi connectivity index (χ0) is 17.5. The van der Waals surface area contributed by atoms with Gasteiger partial charge in [-0.15, -0.1) is 0 Å². The predicted molar refractivity (Wildman–Crippen MR) is 111 cm³/mol. The van der Waals surface area contributed by atoms with Gasteiger partial charge in [0, 0.05) is 0 Å². The second kappa shape index (κ2) is 9.04. The third kappa shape index (κ3) is 4.84. The van der Waals surface area contributed by atoms with Gasteiger partial charge >= 0.3 is 0 Å². The van der Waals surface area contributed by atoms with Crippen LogP contribution >= 0.6 is 0 Å². The van der Waals surface area contributed by atoms with Gasteiger partial charge < -0.3 is 0 Å². The molecule has 1 fully saturated rings. The maximum Gasteiger partial charge on any atom is -0.0162 e. The Hall–Kier alpha value is -1.82. The van der Waals surface area contributed by atoms with Gasteiger partial charge in [0.15, 0.2) is 0 Å². The first kappa shape index (κ1) is 18.0. The lowest BCUT2D eigenvalue weighted by Crippen LogP contribution is -2.13. The minimum Gasteiger partial charge on any atom is -0.0985 e. The van der Waals surface area contributed by atoms with E-state index in [4.69, 9.17) is 0 Å². The molecule has 0 heterocycles. The minimum atomic E-state index is 0.777. The lowest BCUT2D eigenvalue weighted by molar-refractivity contribution is 0.303. The monoisotopic (exact) mass is 332 g/mol. The van der Waals surface area contributed by atoms with Crippen LogP contribution in [-0.4, -0.2) is 0 Å². The molecule has 0 aromatic heterocycles. The number of rotatable bonds is 7. The van der Waals surface area contributed by atoms with E-state index in [1.54, 1.807) is 5.56 Å². The quantitative estimate of drug-likeness (QED) is 0.453. The summed E-state index contributed by atoms with van der Waals surface area (Å²) in [4.78, 5) is 0. The fourth-order valence-corrected chi connectivity index (χ4v) is 4.23. The first-order valence-corrected chi connectivity index (χ1v) is 10.1. The Bertz CT molecular complexity index is 639. The molecular weight excluding hydrogens is 300 g/mol. The molecule has 0 nitrogen and oxygen atoms in total. The normalized spacial score (nSPS) is 20.4. The molecular formula is C25H32. The molecule has 2 aromatic carbocycles. The van der Waals surface area contributed by atoms with E-state index >= 15 is 0 Å². The Kier molecular flexibility index (Phi) is 6.50. The highest BCUT2D eigenvalue weighted by atomic mass is 14.3. The lowest BCUT2D eigenvalue weighted by atomic mass is 9.77. The van der Waals surface area contributed by atoms with E-state index < -0.39 is 0 Å². The van der Waals surface area contributed by atoms with Crippen LogP contribution in [0.2, 0.25) is 0 Å². The third-order valence-corrected chi connectivity index (χ3v) is 5.92. The summed E-state index contributed by atoms with van der Waals surface area (Å²) in [5, 5.41) is 0. The molecule has 2 aromatic rings. The summed E-state index contributed by atoms with van der Waals surface area (Å²) in [6, 6.07) is 18.0. The van der Waals surface area contributed by atoms with Crippen molar-refractivity contribution in [3.63, 3.8) is 0 Å². The molecule has 0 amide bonds. The standard InChI is InChI=1S/C25H32/c1-3-5-6-7-21-10-14-23(15-11-21)25-18-16-24(17-19-25)22-12-8-20(4-2)9-13-22/h4,8-9,12-13,16-19,21,23H,2-3,5-7,10-11,14-15H2,1H3/t21-,23-. The van der Waals surface area contributed by atoms with Gasteiger partial charge in [-0.1, -0.05) is 93.8 Å². The molecule has 3 rings (SSSR count). The van der Waals surface area contributed by atoms with Crippen molar-refractivity contribution in [2.24, 2.45) is 5.92 Å². The molecule has 0 radical (unpaired) electrons. The van der Waals surface area contributed by atoms with Crippen LogP contribution in [0.4, 0.5) is 0 Å². The smallest absolute Gasteiger partial charge is 0.0162 e. The Balaban J connectivity index is 1.56. The Labute approximate surface area is 154 Å². The number of benzene rings is 2. The second-order valence-electron chi connectivity index (χ2n) is 7.66. The fourth-order valence-electron chi connectivity index (χ4n) is 4.23. The van der Waals surface area contributed by atoms with Crippen LogP contribution in [0.1, 0.15) is 75.3 Å². The van der Waals surface area contributed by atoms with Crippen LogP contribution in [0, 0.1) is 5.92 Å². The molecule has 0 spiro atoms. The Morgan fingerprint density at radius 3 is 2.00 bits per heavy atom. The first-order chi connectivity index (χ1) is 12.3. The highest BCUT2D eigenvalue weighted by Crippen LogP contribution is 2.38. The highest BCUT2D eigenvalue weighted by molar-refractivity contribution is 5.65. The van der Waals surface area contributed by atoms with Gasteiger partial charge in [0.05, 0.1) is 0 Å². The average molecular weight is 333 g/mol. The van der Waals surface area contributed by atoms with E-state index in [9.17, 15) is 0 Å². The summed E-state index contributed by atoms with van der Waals surface area (Å²) >= 11 is 0.